The summed E-state index contributed by atoms with van der Waals surface area (Å²) in [6.45, 7) is 2.40. The van der Waals surface area contributed by atoms with Crippen molar-refractivity contribution in [1.29, 1.82) is 0 Å². The van der Waals surface area contributed by atoms with Crippen LogP contribution in [0.25, 0.3) is 28.2 Å². The Labute approximate surface area is 180 Å². The molecule has 8 nitrogen and oxygen atoms in total. The van der Waals surface area contributed by atoms with Gasteiger partial charge in [0.25, 0.3) is 5.91 Å². The molecule has 2 aromatic carbocycles. The predicted molar refractivity (Wildman–Crippen MR) is 115 cm³/mol. The van der Waals surface area contributed by atoms with E-state index in [1.165, 1.54) is 4.57 Å². The van der Waals surface area contributed by atoms with Crippen LogP contribution in [0.5, 0.6) is 5.75 Å². The Morgan fingerprint density at radius 1 is 1.13 bits per heavy atom. The number of hydrogen-bond acceptors (Lipinski definition) is 5. The van der Waals surface area contributed by atoms with Crippen molar-refractivity contribution >= 4 is 40.3 Å². The summed E-state index contributed by atoms with van der Waals surface area (Å²) in [6.07, 6.45) is 0. The van der Waals surface area contributed by atoms with E-state index in [1.807, 2.05) is 6.92 Å². The first-order chi connectivity index (χ1) is 14.4. The Kier molecular flexibility index (Phi) is 5.19. The Bertz CT molecular complexity index is 1330. The molecule has 3 N–H and O–H groups in total. The van der Waals surface area contributed by atoms with Crippen LogP contribution in [-0.2, 0) is 0 Å². The summed E-state index contributed by atoms with van der Waals surface area (Å²) < 4.78 is 6.77. The third-order valence-corrected chi connectivity index (χ3v) is 5.09. The number of rotatable bonds is 5. The van der Waals surface area contributed by atoms with E-state index in [-0.39, 0.29) is 22.7 Å². The molecule has 2 heterocycles. The molecule has 10 heteroatoms. The van der Waals surface area contributed by atoms with Crippen LogP contribution < -0.4 is 16.2 Å². The van der Waals surface area contributed by atoms with Crippen LogP contribution in [0.15, 0.2) is 47.3 Å². The van der Waals surface area contributed by atoms with Crippen molar-refractivity contribution in [3.8, 4) is 22.8 Å². The van der Waals surface area contributed by atoms with Gasteiger partial charge in [0.15, 0.2) is 17.2 Å². The van der Waals surface area contributed by atoms with Gasteiger partial charge in [0.2, 0.25) is 0 Å². The fourth-order valence-corrected chi connectivity index (χ4v) is 3.32. The van der Waals surface area contributed by atoms with Crippen molar-refractivity contribution in [3.63, 3.8) is 0 Å². The van der Waals surface area contributed by atoms with Crippen molar-refractivity contribution in [2.45, 2.75) is 6.92 Å². The van der Waals surface area contributed by atoms with E-state index in [2.05, 4.69) is 15.0 Å². The number of primary amides is 1. The van der Waals surface area contributed by atoms with E-state index >= 15 is 0 Å². The topological polar surface area (TPSA) is 116 Å². The standard InChI is InChI=1S/C20H15Cl2N5O3/c1-2-30-12-6-4-11(5-7-12)27-19-16(25-20(27)29)15(17(23)28)24-18(26-19)10-3-8-13(21)14(22)9-10/h3-9H,2H2,1H3,(H2,23,28)(H,25,29). The van der Waals surface area contributed by atoms with Gasteiger partial charge in [0, 0.05) is 5.56 Å². The van der Waals surface area contributed by atoms with Crippen molar-refractivity contribution < 1.29 is 9.53 Å². The molecule has 4 aromatic rings. The maximum Gasteiger partial charge on any atom is 0.332 e. The van der Waals surface area contributed by atoms with Crippen molar-refractivity contribution in [1.82, 2.24) is 19.5 Å². The molecule has 0 aliphatic carbocycles. The number of carbonyl (C=O) groups is 1. The summed E-state index contributed by atoms with van der Waals surface area (Å²) in [5, 5.41) is 0.668. The number of imidazole rings is 1. The number of carbonyl (C=O) groups excluding carboxylic acids is 1. The number of aromatic nitrogens is 4. The number of ether oxygens (including phenoxy) is 1. The molecule has 0 saturated carbocycles. The van der Waals surface area contributed by atoms with E-state index in [9.17, 15) is 9.59 Å². The molecule has 0 unspecified atom stereocenters. The second kappa shape index (κ2) is 7.81. The van der Waals surface area contributed by atoms with E-state index in [0.29, 0.717) is 33.7 Å². The molecule has 0 bridgehead atoms. The summed E-state index contributed by atoms with van der Waals surface area (Å²) in [5.41, 5.74) is 6.30. The van der Waals surface area contributed by atoms with Gasteiger partial charge in [0.1, 0.15) is 11.3 Å². The normalized spacial score (nSPS) is 11.0. The molecular formula is C20H15Cl2N5O3. The van der Waals surface area contributed by atoms with Crippen molar-refractivity contribution in [2.24, 2.45) is 5.73 Å². The van der Waals surface area contributed by atoms with Crippen LogP contribution >= 0.6 is 23.2 Å². The fraction of sp³-hybridized carbons (Fsp3) is 0.100. The van der Waals surface area contributed by atoms with Gasteiger partial charge in [-0.2, -0.15) is 0 Å². The molecular weight excluding hydrogens is 429 g/mol. The van der Waals surface area contributed by atoms with Crippen LogP contribution in [0.4, 0.5) is 0 Å². The first-order valence-corrected chi connectivity index (χ1v) is 9.66. The van der Waals surface area contributed by atoms with Crippen molar-refractivity contribution in [3.05, 3.63) is 68.7 Å². The Hall–Kier alpha value is -3.36. The Morgan fingerprint density at radius 2 is 1.87 bits per heavy atom. The summed E-state index contributed by atoms with van der Waals surface area (Å²) in [7, 11) is 0. The van der Waals surface area contributed by atoms with Gasteiger partial charge in [-0.1, -0.05) is 23.2 Å². The van der Waals surface area contributed by atoms with Gasteiger partial charge >= 0.3 is 5.69 Å². The number of halogens is 2. The molecule has 0 atom stereocenters. The van der Waals surface area contributed by atoms with E-state index in [0.717, 1.165) is 0 Å². The molecule has 0 fully saturated rings. The molecule has 30 heavy (non-hydrogen) atoms. The first kappa shape index (κ1) is 19.9. The van der Waals surface area contributed by atoms with Crippen LogP contribution in [0.3, 0.4) is 0 Å². The smallest absolute Gasteiger partial charge is 0.332 e. The summed E-state index contributed by atoms with van der Waals surface area (Å²) in [6, 6.07) is 11.7. The fourth-order valence-electron chi connectivity index (χ4n) is 3.03. The number of benzene rings is 2. The number of nitrogens with two attached hydrogens (primary N) is 1. The lowest BCUT2D eigenvalue weighted by Gasteiger charge is -2.08. The zero-order valence-corrected chi connectivity index (χ0v) is 17.2. The van der Waals surface area contributed by atoms with Gasteiger partial charge < -0.3 is 15.5 Å². The molecule has 0 aliphatic rings. The highest BCUT2D eigenvalue weighted by molar-refractivity contribution is 6.42. The summed E-state index contributed by atoms with van der Waals surface area (Å²) >= 11 is 12.1. The van der Waals surface area contributed by atoms with Crippen LogP contribution in [-0.4, -0.2) is 32.0 Å². The number of nitrogens with one attached hydrogen (secondary N) is 1. The Morgan fingerprint density at radius 3 is 2.50 bits per heavy atom. The molecule has 0 aliphatic heterocycles. The summed E-state index contributed by atoms with van der Waals surface area (Å²) in [5.74, 6) is 0.0374. The molecule has 1 amide bonds. The van der Waals surface area contributed by atoms with Crippen LogP contribution in [0.2, 0.25) is 10.0 Å². The number of aromatic amines is 1. The zero-order valence-electron chi connectivity index (χ0n) is 15.6. The monoisotopic (exact) mass is 443 g/mol. The van der Waals surface area contributed by atoms with E-state index in [1.54, 1.807) is 42.5 Å². The van der Waals surface area contributed by atoms with Crippen molar-refractivity contribution in [2.75, 3.05) is 6.61 Å². The number of hydrogen-bond donors (Lipinski definition) is 2. The SMILES string of the molecule is CCOc1ccc(-n2c(=O)[nH]c3c(C(N)=O)nc(-c4ccc(Cl)c(Cl)c4)nc32)cc1. The number of H-pyrrole nitrogens is 1. The minimum absolute atomic E-state index is 0.108. The third kappa shape index (κ3) is 3.51. The lowest BCUT2D eigenvalue weighted by molar-refractivity contribution is 0.0997. The number of amides is 1. The average molecular weight is 444 g/mol. The zero-order chi connectivity index (χ0) is 21.4. The predicted octanol–water partition coefficient (Wildman–Crippen LogP) is 3.58. The minimum Gasteiger partial charge on any atom is -0.494 e. The molecule has 0 spiro atoms. The van der Waals surface area contributed by atoms with Crippen LogP contribution in [0.1, 0.15) is 17.4 Å². The number of nitrogens with zero attached hydrogens (tertiary/aromatic N) is 3. The third-order valence-electron chi connectivity index (χ3n) is 4.35. The lowest BCUT2D eigenvalue weighted by atomic mass is 10.2. The van der Waals surface area contributed by atoms with E-state index in [4.69, 9.17) is 33.7 Å². The van der Waals surface area contributed by atoms with Gasteiger partial charge in [0.05, 0.1) is 22.3 Å². The average Bonchev–Trinajstić information content (AvgIpc) is 3.05. The lowest BCUT2D eigenvalue weighted by Crippen LogP contribution is -2.15. The quantitative estimate of drug-likeness (QED) is 0.488. The van der Waals surface area contributed by atoms with Gasteiger partial charge in [-0.25, -0.2) is 19.3 Å². The van der Waals surface area contributed by atoms with E-state index < -0.39 is 11.6 Å². The minimum atomic E-state index is -0.802. The molecule has 4 rings (SSSR count). The Balaban J connectivity index is 1.97. The second-order valence-corrected chi connectivity index (χ2v) is 7.09. The largest absolute Gasteiger partial charge is 0.494 e. The number of fused-ring (bicyclic) bond motifs is 1. The second-order valence-electron chi connectivity index (χ2n) is 6.28. The van der Waals surface area contributed by atoms with Gasteiger partial charge in [-0.05, 0) is 49.4 Å². The van der Waals surface area contributed by atoms with Gasteiger partial charge in [-0.3, -0.25) is 4.79 Å². The van der Waals surface area contributed by atoms with Gasteiger partial charge in [-0.15, -0.1) is 0 Å². The highest BCUT2D eigenvalue weighted by Gasteiger charge is 2.20. The summed E-state index contributed by atoms with van der Waals surface area (Å²) in [4.78, 5) is 36.1. The molecule has 0 radical (unpaired) electrons. The van der Waals surface area contributed by atoms with Crippen LogP contribution in [0, 0.1) is 0 Å². The highest BCUT2D eigenvalue weighted by atomic mass is 35.5. The molecule has 152 valence electrons. The maximum atomic E-state index is 12.7. The maximum absolute atomic E-state index is 12.7. The molecule has 2 aromatic heterocycles. The highest BCUT2D eigenvalue weighted by Crippen LogP contribution is 2.28. The molecule has 0 saturated heterocycles. The first-order valence-electron chi connectivity index (χ1n) is 8.90.